The topological polar surface area (TPSA) is 57.6 Å². The van der Waals surface area contributed by atoms with E-state index >= 15 is 0 Å². The van der Waals surface area contributed by atoms with Crippen molar-refractivity contribution in [2.24, 2.45) is 29.6 Å². The SMILES string of the molecule is O=C(O)C(CC(=O)N1CC2C3CCC(CC3)C2C1)Cc1ccccc1. The van der Waals surface area contributed by atoms with Gasteiger partial charge in [0.05, 0.1) is 5.92 Å². The molecule has 2 bridgehead atoms. The van der Waals surface area contributed by atoms with Gasteiger partial charge in [0.1, 0.15) is 0 Å². The molecule has 1 aromatic rings. The molecule has 1 aromatic carbocycles. The van der Waals surface area contributed by atoms with Gasteiger partial charge < -0.3 is 10.0 Å². The molecule has 4 aliphatic rings. The van der Waals surface area contributed by atoms with Crippen molar-refractivity contribution >= 4 is 11.9 Å². The molecule has 1 heterocycles. The van der Waals surface area contributed by atoms with Gasteiger partial charge in [-0.1, -0.05) is 30.3 Å². The van der Waals surface area contributed by atoms with Crippen molar-refractivity contribution in [1.29, 1.82) is 0 Å². The van der Waals surface area contributed by atoms with Crippen LogP contribution in [0, 0.1) is 29.6 Å². The first-order valence-electron chi connectivity index (χ1n) is 9.66. The fourth-order valence-corrected chi connectivity index (χ4v) is 5.54. The van der Waals surface area contributed by atoms with Crippen LogP contribution in [0.25, 0.3) is 0 Å². The van der Waals surface area contributed by atoms with Crippen molar-refractivity contribution in [3.05, 3.63) is 35.9 Å². The number of aliphatic carboxylic acids is 1. The Kier molecular flexibility index (Phi) is 4.53. The lowest BCUT2D eigenvalue weighted by molar-refractivity contribution is -0.145. The number of carboxylic acid groups (broad SMARTS) is 1. The molecule has 1 amide bonds. The number of carbonyl (C=O) groups excluding carboxylic acids is 1. The molecule has 4 fully saturated rings. The van der Waals surface area contributed by atoms with Gasteiger partial charge in [0.25, 0.3) is 0 Å². The molecule has 0 radical (unpaired) electrons. The van der Waals surface area contributed by atoms with Crippen LogP contribution in [0.15, 0.2) is 30.3 Å². The number of hydrogen-bond donors (Lipinski definition) is 1. The number of likely N-dealkylation sites (tertiary alicyclic amines) is 1. The van der Waals surface area contributed by atoms with Gasteiger partial charge in [0.15, 0.2) is 0 Å². The molecular weight excluding hydrogens is 314 g/mol. The molecule has 5 rings (SSSR count). The van der Waals surface area contributed by atoms with Gasteiger partial charge in [-0.15, -0.1) is 0 Å². The molecule has 0 aromatic heterocycles. The Morgan fingerprint density at radius 2 is 1.56 bits per heavy atom. The van der Waals surface area contributed by atoms with E-state index in [1.54, 1.807) is 0 Å². The monoisotopic (exact) mass is 341 g/mol. The molecule has 3 saturated carbocycles. The van der Waals surface area contributed by atoms with Gasteiger partial charge in [-0.2, -0.15) is 0 Å². The molecule has 1 N–H and O–H groups in total. The highest BCUT2D eigenvalue weighted by Crippen LogP contribution is 2.51. The van der Waals surface area contributed by atoms with Crippen LogP contribution in [0.3, 0.4) is 0 Å². The lowest BCUT2D eigenvalue weighted by Gasteiger charge is -2.44. The summed E-state index contributed by atoms with van der Waals surface area (Å²) < 4.78 is 0. The van der Waals surface area contributed by atoms with E-state index in [4.69, 9.17) is 0 Å². The van der Waals surface area contributed by atoms with Crippen molar-refractivity contribution in [2.75, 3.05) is 13.1 Å². The summed E-state index contributed by atoms with van der Waals surface area (Å²) in [6, 6.07) is 9.61. The third kappa shape index (κ3) is 3.31. The van der Waals surface area contributed by atoms with Gasteiger partial charge in [-0.05, 0) is 61.3 Å². The molecule has 1 saturated heterocycles. The number of carboxylic acids is 1. The van der Waals surface area contributed by atoms with E-state index in [0.29, 0.717) is 18.3 Å². The fourth-order valence-electron chi connectivity index (χ4n) is 5.54. The molecular formula is C21H27NO3. The minimum absolute atomic E-state index is 0.0390. The highest BCUT2D eigenvalue weighted by molar-refractivity contribution is 5.82. The summed E-state index contributed by atoms with van der Waals surface area (Å²) in [5, 5.41) is 9.56. The quantitative estimate of drug-likeness (QED) is 0.895. The number of nitrogens with zero attached hydrogens (tertiary/aromatic N) is 1. The summed E-state index contributed by atoms with van der Waals surface area (Å²) in [6.45, 7) is 1.73. The van der Waals surface area contributed by atoms with Crippen LogP contribution in [-0.2, 0) is 16.0 Å². The Labute approximate surface area is 149 Å². The molecule has 1 aliphatic heterocycles. The second-order valence-corrected chi connectivity index (χ2v) is 8.23. The standard InChI is InChI=1S/C21H27NO3/c23-20(11-17(21(24)25)10-14-4-2-1-3-5-14)22-12-18-15-6-7-16(9-8-15)19(18)13-22/h1-5,15-19H,6-13H2,(H,24,25). The Morgan fingerprint density at radius 3 is 2.08 bits per heavy atom. The van der Waals surface area contributed by atoms with Crippen molar-refractivity contribution in [2.45, 2.75) is 38.5 Å². The van der Waals surface area contributed by atoms with Crippen molar-refractivity contribution in [1.82, 2.24) is 4.90 Å². The largest absolute Gasteiger partial charge is 0.481 e. The van der Waals surface area contributed by atoms with E-state index < -0.39 is 11.9 Å². The summed E-state index contributed by atoms with van der Waals surface area (Å²) in [7, 11) is 0. The van der Waals surface area contributed by atoms with E-state index in [2.05, 4.69) is 0 Å². The minimum Gasteiger partial charge on any atom is -0.481 e. The first-order valence-corrected chi connectivity index (χ1v) is 9.66. The summed E-state index contributed by atoms with van der Waals surface area (Å²) >= 11 is 0. The van der Waals surface area contributed by atoms with Crippen LogP contribution in [0.2, 0.25) is 0 Å². The molecule has 3 aliphatic carbocycles. The number of benzene rings is 1. The van der Waals surface area contributed by atoms with Gasteiger partial charge in [0.2, 0.25) is 5.91 Å². The van der Waals surface area contributed by atoms with E-state index in [1.807, 2.05) is 35.2 Å². The Morgan fingerprint density at radius 1 is 1.00 bits per heavy atom. The lowest BCUT2D eigenvalue weighted by atomic mass is 9.60. The predicted molar refractivity (Wildman–Crippen MR) is 94.9 cm³/mol. The van der Waals surface area contributed by atoms with Crippen molar-refractivity contribution in [3.63, 3.8) is 0 Å². The predicted octanol–water partition coefficient (Wildman–Crippen LogP) is 3.21. The van der Waals surface area contributed by atoms with Gasteiger partial charge in [-0.25, -0.2) is 0 Å². The normalized spacial score (nSPS) is 31.6. The maximum Gasteiger partial charge on any atom is 0.307 e. The summed E-state index contributed by atoms with van der Waals surface area (Å²) in [6.07, 6.45) is 5.88. The van der Waals surface area contributed by atoms with Crippen LogP contribution in [0.4, 0.5) is 0 Å². The molecule has 25 heavy (non-hydrogen) atoms. The second-order valence-electron chi connectivity index (χ2n) is 8.23. The van der Waals surface area contributed by atoms with Gasteiger partial charge in [0, 0.05) is 19.5 Å². The average molecular weight is 341 g/mol. The highest BCUT2D eigenvalue weighted by Gasteiger charge is 2.49. The fraction of sp³-hybridized carbons (Fsp3) is 0.619. The van der Waals surface area contributed by atoms with E-state index in [-0.39, 0.29) is 12.3 Å². The third-order valence-corrected chi connectivity index (χ3v) is 6.89. The third-order valence-electron chi connectivity index (χ3n) is 6.89. The Bertz CT molecular complexity index is 616. The Balaban J connectivity index is 1.39. The summed E-state index contributed by atoms with van der Waals surface area (Å²) in [4.78, 5) is 26.4. The smallest absolute Gasteiger partial charge is 0.307 e. The number of fused-ring (bicyclic) bond motifs is 2. The zero-order valence-electron chi connectivity index (χ0n) is 14.6. The molecule has 0 spiro atoms. The average Bonchev–Trinajstić information content (AvgIpc) is 3.10. The van der Waals surface area contributed by atoms with E-state index in [1.165, 1.54) is 25.7 Å². The lowest BCUT2D eigenvalue weighted by Crippen LogP contribution is -2.38. The summed E-state index contributed by atoms with van der Waals surface area (Å²) in [5.74, 6) is 1.49. The van der Waals surface area contributed by atoms with Crippen molar-refractivity contribution < 1.29 is 14.7 Å². The zero-order chi connectivity index (χ0) is 17.4. The number of hydrogen-bond acceptors (Lipinski definition) is 2. The first-order chi connectivity index (χ1) is 12.1. The van der Waals surface area contributed by atoms with Crippen LogP contribution in [0.1, 0.15) is 37.7 Å². The molecule has 134 valence electrons. The van der Waals surface area contributed by atoms with Crippen LogP contribution >= 0.6 is 0 Å². The van der Waals surface area contributed by atoms with Crippen LogP contribution in [0.5, 0.6) is 0 Å². The number of amides is 1. The molecule has 4 nitrogen and oxygen atoms in total. The maximum absolute atomic E-state index is 12.8. The second kappa shape index (κ2) is 6.81. The highest BCUT2D eigenvalue weighted by atomic mass is 16.4. The van der Waals surface area contributed by atoms with Gasteiger partial charge >= 0.3 is 5.97 Å². The van der Waals surface area contributed by atoms with Gasteiger partial charge in [-0.3, -0.25) is 9.59 Å². The van der Waals surface area contributed by atoms with Crippen LogP contribution < -0.4 is 0 Å². The van der Waals surface area contributed by atoms with E-state index in [9.17, 15) is 14.7 Å². The van der Waals surface area contributed by atoms with E-state index in [0.717, 1.165) is 30.5 Å². The molecule has 4 heteroatoms. The Hall–Kier alpha value is -1.84. The number of carbonyl (C=O) groups is 2. The van der Waals surface area contributed by atoms with Crippen molar-refractivity contribution in [3.8, 4) is 0 Å². The van der Waals surface area contributed by atoms with Crippen LogP contribution in [-0.4, -0.2) is 35.0 Å². The minimum atomic E-state index is -0.867. The first kappa shape index (κ1) is 16.6. The maximum atomic E-state index is 12.8. The molecule has 3 atom stereocenters. The summed E-state index contributed by atoms with van der Waals surface area (Å²) in [5.41, 5.74) is 0.982. The zero-order valence-corrected chi connectivity index (χ0v) is 14.6. The molecule has 3 unspecified atom stereocenters. The number of rotatable bonds is 5.